The van der Waals surface area contributed by atoms with E-state index in [1.54, 1.807) is 6.07 Å². The highest BCUT2D eigenvalue weighted by atomic mass is 35.5. The Morgan fingerprint density at radius 2 is 1.85 bits per heavy atom. The minimum atomic E-state index is -6.08. The molecule has 27 heavy (non-hydrogen) atoms. The first-order valence-electron chi connectivity index (χ1n) is 7.06. The maximum absolute atomic E-state index is 14.4. The molecule has 0 fully saturated rings. The molecule has 0 saturated carbocycles. The van der Waals surface area contributed by atoms with Gasteiger partial charge in [-0.15, -0.1) is 0 Å². The molecule has 0 radical (unpaired) electrons. The number of rotatable bonds is 5. The van der Waals surface area contributed by atoms with Gasteiger partial charge in [0.25, 0.3) is 0 Å². The van der Waals surface area contributed by atoms with E-state index < -0.39 is 38.5 Å². The first-order chi connectivity index (χ1) is 12.4. The van der Waals surface area contributed by atoms with Crippen molar-refractivity contribution in [2.45, 2.75) is 12.4 Å². The van der Waals surface area contributed by atoms with E-state index in [0.717, 1.165) is 13.0 Å². The summed E-state index contributed by atoms with van der Waals surface area (Å²) in [7, 11) is -6.08. The molecule has 2 aromatic rings. The number of Topliss-reactive ketones (excluding diaryl/α,β-unsaturated/α-hetero) is 1. The molecular formula is C16H10ClF4NO4S. The van der Waals surface area contributed by atoms with Crippen molar-refractivity contribution in [3.63, 3.8) is 0 Å². The number of halogens is 5. The molecule has 0 atom stereocenters. The van der Waals surface area contributed by atoms with Gasteiger partial charge in [0.1, 0.15) is 0 Å². The summed E-state index contributed by atoms with van der Waals surface area (Å²) < 4.78 is 77.5. The van der Waals surface area contributed by atoms with Crippen molar-refractivity contribution in [1.29, 1.82) is 0 Å². The number of pyridine rings is 1. The Kier molecular flexibility index (Phi) is 5.91. The van der Waals surface area contributed by atoms with Gasteiger partial charge in [0.15, 0.2) is 17.3 Å². The summed E-state index contributed by atoms with van der Waals surface area (Å²) in [5, 5.41) is 0.384. The normalized spacial score (nSPS) is 12.4. The first-order valence-corrected chi connectivity index (χ1v) is 8.85. The van der Waals surface area contributed by atoms with Crippen molar-refractivity contribution in [1.82, 2.24) is 4.98 Å². The van der Waals surface area contributed by atoms with Crippen LogP contribution in [-0.2, 0) is 10.1 Å². The van der Waals surface area contributed by atoms with E-state index in [4.69, 9.17) is 11.6 Å². The van der Waals surface area contributed by atoms with E-state index in [1.165, 1.54) is 24.4 Å². The lowest BCUT2D eigenvalue weighted by Gasteiger charge is -2.12. The molecule has 0 N–H and O–H groups in total. The molecule has 0 aliphatic carbocycles. The van der Waals surface area contributed by atoms with Crippen LogP contribution in [0.15, 0.2) is 30.5 Å². The quantitative estimate of drug-likeness (QED) is 0.307. The number of benzene rings is 1. The minimum absolute atomic E-state index is 0.00601. The van der Waals surface area contributed by atoms with Gasteiger partial charge in [0, 0.05) is 6.20 Å². The van der Waals surface area contributed by atoms with Gasteiger partial charge in [-0.2, -0.15) is 21.6 Å². The van der Waals surface area contributed by atoms with Crippen LogP contribution in [0.4, 0.5) is 17.6 Å². The van der Waals surface area contributed by atoms with Crippen LogP contribution in [-0.4, -0.2) is 24.7 Å². The zero-order valence-corrected chi connectivity index (χ0v) is 15.0. The largest absolute Gasteiger partial charge is 0.534 e. The summed E-state index contributed by atoms with van der Waals surface area (Å²) in [6.07, 6.45) is 4.05. The molecule has 0 spiro atoms. The molecule has 0 saturated heterocycles. The van der Waals surface area contributed by atoms with Gasteiger partial charge in [-0.1, -0.05) is 23.7 Å². The molecule has 2 rings (SSSR count). The molecule has 11 heteroatoms. The van der Waals surface area contributed by atoms with E-state index in [0.29, 0.717) is 16.8 Å². The Labute approximate surface area is 156 Å². The predicted octanol–water partition coefficient (Wildman–Crippen LogP) is 4.48. The van der Waals surface area contributed by atoms with E-state index in [1.807, 2.05) is 0 Å². The van der Waals surface area contributed by atoms with Gasteiger partial charge in [-0.25, -0.2) is 4.39 Å². The smallest absolute Gasteiger partial charge is 0.373 e. The van der Waals surface area contributed by atoms with E-state index >= 15 is 0 Å². The molecule has 0 aliphatic heterocycles. The SMILES string of the molecule is CC(=O)c1c(/C=C\c2ccc(Cl)cn2)ccc(OS(=O)(=O)C(F)(F)F)c1F. The van der Waals surface area contributed by atoms with E-state index in [9.17, 15) is 30.8 Å². The molecule has 0 amide bonds. The summed E-state index contributed by atoms with van der Waals surface area (Å²) in [6, 6.07) is 4.81. The lowest BCUT2D eigenvalue weighted by molar-refractivity contribution is -0.0500. The maximum Gasteiger partial charge on any atom is 0.534 e. The van der Waals surface area contributed by atoms with Gasteiger partial charge < -0.3 is 4.18 Å². The summed E-state index contributed by atoms with van der Waals surface area (Å²) in [5.41, 5.74) is -5.97. The second-order valence-corrected chi connectivity index (χ2v) is 7.09. The van der Waals surface area contributed by atoms with Crippen molar-refractivity contribution in [3.8, 4) is 5.75 Å². The fourth-order valence-electron chi connectivity index (χ4n) is 1.96. The van der Waals surface area contributed by atoms with E-state index in [2.05, 4.69) is 9.17 Å². The van der Waals surface area contributed by atoms with Crippen LogP contribution in [0.3, 0.4) is 0 Å². The van der Waals surface area contributed by atoms with Crippen molar-refractivity contribution >= 4 is 39.7 Å². The number of carbonyl (C=O) groups excluding carboxylic acids is 1. The zero-order valence-electron chi connectivity index (χ0n) is 13.4. The van der Waals surface area contributed by atoms with Crippen molar-refractivity contribution in [2.75, 3.05) is 0 Å². The number of nitrogens with zero attached hydrogens (tertiary/aromatic N) is 1. The number of hydrogen-bond acceptors (Lipinski definition) is 5. The second-order valence-electron chi connectivity index (χ2n) is 5.12. The number of carbonyl (C=O) groups is 1. The molecule has 1 heterocycles. The lowest BCUT2D eigenvalue weighted by atomic mass is 10.0. The third-order valence-corrected chi connectivity index (χ3v) is 4.35. The third kappa shape index (κ3) is 4.83. The number of aromatic nitrogens is 1. The average molecular weight is 424 g/mol. The highest BCUT2D eigenvalue weighted by molar-refractivity contribution is 7.88. The number of hydrogen-bond donors (Lipinski definition) is 0. The highest BCUT2D eigenvalue weighted by Crippen LogP contribution is 2.31. The molecule has 0 unspecified atom stereocenters. The van der Waals surface area contributed by atoms with Crippen LogP contribution in [0.5, 0.6) is 5.75 Å². The molecule has 0 aliphatic rings. The highest BCUT2D eigenvalue weighted by Gasteiger charge is 2.49. The standard InChI is InChI=1S/C16H10ClF4NO4S/c1-9(23)14-10(2-5-12-6-4-11(17)8-22-12)3-7-13(15(14)18)26-27(24,25)16(19,20)21/h2-8H,1H3/b5-2-. The van der Waals surface area contributed by atoms with Gasteiger partial charge in [-0.3, -0.25) is 9.78 Å². The minimum Gasteiger partial charge on any atom is -0.373 e. The Morgan fingerprint density at radius 1 is 1.19 bits per heavy atom. The van der Waals surface area contributed by atoms with Crippen molar-refractivity contribution < 1.29 is 35.0 Å². The fourth-order valence-corrected chi connectivity index (χ4v) is 2.53. The Morgan fingerprint density at radius 3 is 2.37 bits per heavy atom. The van der Waals surface area contributed by atoms with Crippen LogP contribution < -0.4 is 4.18 Å². The molecule has 0 bridgehead atoms. The third-order valence-electron chi connectivity index (χ3n) is 3.16. The molecule has 1 aromatic carbocycles. The van der Waals surface area contributed by atoms with Gasteiger partial charge in [0.05, 0.1) is 16.3 Å². The van der Waals surface area contributed by atoms with Gasteiger partial charge in [-0.05, 0) is 36.8 Å². The predicted molar refractivity (Wildman–Crippen MR) is 90.2 cm³/mol. The second kappa shape index (κ2) is 7.65. The van der Waals surface area contributed by atoms with Crippen LogP contribution in [0, 0.1) is 5.82 Å². The van der Waals surface area contributed by atoms with E-state index in [-0.39, 0.29) is 5.56 Å². The number of ketones is 1. The Bertz CT molecular complexity index is 1000. The summed E-state index contributed by atoms with van der Waals surface area (Å²) in [4.78, 5) is 15.7. The average Bonchev–Trinajstić information content (AvgIpc) is 2.55. The van der Waals surface area contributed by atoms with Gasteiger partial charge >= 0.3 is 15.6 Å². The summed E-state index contributed by atoms with van der Waals surface area (Å²) in [6.45, 7) is 0.971. The van der Waals surface area contributed by atoms with Crippen molar-refractivity contribution in [3.05, 3.63) is 58.1 Å². The summed E-state index contributed by atoms with van der Waals surface area (Å²) >= 11 is 5.69. The van der Waals surface area contributed by atoms with Crippen molar-refractivity contribution in [2.24, 2.45) is 0 Å². The Hall–Kier alpha value is -2.46. The van der Waals surface area contributed by atoms with Crippen LogP contribution >= 0.6 is 11.6 Å². The molecular weight excluding hydrogens is 414 g/mol. The van der Waals surface area contributed by atoms with Crippen LogP contribution in [0.25, 0.3) is 12.2 Å². The number of alkyl halides is 3. The first kappa shape index (κ1) is 20.8. The summed E-state index contributed by atoms with van der Waals surface area (Å²) in [5.74, 6) is -3.60. The monoisotopic (exact) mass is 423 g/mol. The molecule has 5 nitrogen and oxygen atoms in total. The van der Waals surface area contributed by atoms with Crippen LogP contribution in [0.2, 0.25) is 5.02 Å². The van der Waals surface area contributed by atoms with Crippen LogP contribution in [0.1, 0.15) is 28.5 Å². The lowest BCUT2D eigenvalue weighted by Crippen LogP contribution is -2.28. The topological polar surface area (TPSA) is 73.3 Å². The molecule has 144 valence electrons. The zero-order chi connectivity index (χ0) is 20.4. The molecule has 1 aromatic heterocycles. The fraction of sp³-hybridized carbons (Fsp3) is 0.125. The maximum atomic E-state index is 14.4. The van der Waals surface area contributed by atoms with Gasteiger partial charge in [0.2, 0.25) is 0 Å². The Balaban J connectivity index is 2.45.